The molecule has 90 valence electrons. The van der Waals surface area contributed by atoms with Gasteiger partial charge in [0, 0.05) is 0 Å². The molecule has 1 aliphatic rings. The number of nitrogens with one attached hydrogen (secondary N) is 1. The fourth-order valence-corrected chi connectivity index (χ4v) is 2.57. The van der Waals surface area contributed by atoms with Crippen molar-refractivity contribution >= 4 is 0 Å². The molecule has 5 heteroatoms. The number of hydrogen-bond donors (Lipinski definition) is 1. The van der Waals surface area contributed by atoms with Crippen molar-refractivity contribution in [3.63, 3.8) is 0 Å². The lowest BCUT2D eigenvalue weighted by Gasteiger charge is -2.27. The molecule has 0 saturated heterocycles. The Kier molecular flexibility index (Phi) is 3.23. The molecule has 1 unspecified atom stereocenters. The first kappa shape index (κ1) is 11.5. The second-order valence-electron chi connectivity index (χ2n) is 5.22. The van der Waals surface area contributed by atoms with Gasteiger partial charge in [0.2, 0.25) is 0 Å². The molecule has 1 aliphatic carbocycles. The minimum atomic E-state index is 0.316. The summed E-state index contributed by atoms with van der Waals surface area (Å²) in [4.78, 5) is 0. The van der Waals surface area contributed by atoms with Crippen LogP contribution in [0.5, 0.6) is 0 Å². The molecule has 0 radical (unpaired) electrons. The lowest BCUT2D eigenvalue weighted by Crippen LogP contribution is -2.26. The molecule has 1 heterocycles. The highest BCUT2D eigenvalue weighted by Crippen LogP contribution is 2.45. The number of hydrogen-bond acceptors (Lipinski definition) is 4. The summed E-state index contributed by atoms with van der Waals surface area (Å²) in [6.07, 6.45) is 3.73. The fourth-order valence-electron chi connectivity index (χ4n) is 2.57. The molecule has 1 aromatic heterocycles. The van der Waals surface area contributed by atoms with Crippen molar-refractivity contribution in [2.24, 2.45) is 5.41 Å². The lowest BCUT2D eigenvalue weighted by molar-refractivity contribution is 0.234. The fraction of sp³-hybridized carbons (Fsp3) is 0.909. The standard InChI is InChI=1S/C11H21N5/c1-4-12-8-10-13-14-15-16(10)9-6-5-7-11(9,2)3/h9,12H,4-8H2,1-3H3. The van der Waals surface area contributed by atoms with Crippen molar-refractivity contribution in [1.82, 2.24) is 25.5 Å². The van der Waals surface area contributed by atoms with E-state index < -0.39 is 0 Å². The average Bonchev–Trinajstić information content (AvgIpc) is 2.80. The van der Waals surface area contributed by atoms with E-state index in [9.17, 15) is 0 Å². The number of tetrazole rings is 1. The van der Waals surface area contributed by atoms with Crippen LogP contribution in [0.2, 0.25) is 0 Å². The van der Waals surface area contributed by atoms with E-state index in [0.29, 0.717) is 11.5 Å². The third-order valence-corrected chi connectivity index (χ3v) is 3.59. The molecule has 2 rings (SSSR count). The van der Waals surface area contributed by atoms with E-state index in [0.717, 1.165) is 18.9 Å². The van der Waals surface area contributed by atoms with Crippen LogP contribution in [0.25, 0.3) is 0 Å². The lowest BCUT2D eigenvalue weighted by atomic mass is 9.87. The molecule has 1 saturated carbocycles. The SMILES string of the molecule is CCNCc1nnnn1C1CCCC1(C)C. The summed E-state index contributed by atoms with van der Waals surface area (Å²) in [7, 11) is 0. The van der Waals surface area contributed by atoms with Crippen molar-refractivity contribution < 1.29 is 0 Å². The van der Waals surface area contributed by atoms with E-state index in [1.807, 2.05) is 4.68 Å². The quantitative estimate of drug-likeness (QED) is 0.841. The number of rotatable bonds is 4. The van der Waals surface area contributed by atoms with Crippen LogP contribution in [-0.4, -0.2) is 26.8 Å². The van der Waals surface area contributed by atoms with E-state index >= 15 is 0 Å². The summed E-state index contributed by atoms with van der Waals surface area (Å²) >= 11 is 0. The predicted octanol–water partition coefficient (Wildman–Crippen LogP) is 1.53. The Balaban J connectivity index is 2.17. The second kappa shape index (κ2) is 4.49. The molecule has 0 aliphatic heterocycles. The van der Waals surface area contributed by atoms with Gasteiger partial charge in [0.05, 0.1) is 12.6 Å². The topological polar surface area (TPSA) is 55.6 Å². The Morgan fingerprint density at radius 3 is 2.94 bits per heavy atom. The molecule has 0 amide bonds. The van der Waals surface area contributed by atoms with E-state index in [2.05, 4.69) is 41.6 Å². The molecule has 1 atom stereocenters. The third-order valence-electron chi connectivity index (χ3n) is 3.59. The van der Waals surface area contributed by atoms with E-state index in [1.165, 1.54) is 19.3 Å². The van der Waals surface area contributed by atoms with Crippen molar-refractivity contribution in [3.8, 4) is 0 Å². The van der Waals surface area contributed by atoms with E-state index in [-0.39, 0.29) is 0 Å². The second-order valence-corrected chi connectivity index (χ2v) is 5.22. The Labute approximate surface area is 96.6 Å². The van der Waals surface area contributed by atoms with Gasteiger partial charge in [-0.25, -0.2) is 4.68 Å². The van der Waals surface area contributed by atoms with Gasteiger partial charge < -0.3 is 5.32 Å². The summed E-state index contributed by atoms with van der Waals surface area (Å²) in [5.41, 5.74) is 0.316. The van der Waals surface area contributed by atoms with Gasteiger partial charge in [-0.2, -0.15) is 0 Å². The zero-order valence-corrected chi connectivity index (χ0v) is 10.4. The summed E-state index contributed by atoms with van der Waals surface area (Å²) in [6.45, 7) is 8.41. The molecular weight excluding hydrogens is 202 g/mol. The minimum Gasteiger partial charge on any atom is -0.310 e. The molecule has 16 heavy (non-hydrogen) atoms. The molecule has 1 N–H and O–H groups in total. The maximum absolute atomic E-state index is 4.16. The molecule has 0 bridgehead atoms. The predicted molar refractivity (Wildman–Crippen MR) is 61.9 cm³/mol. The summed E-state index contributed by atoms with van der Waals surface area (Å²) in [5, 5.41) is 15.4. The van der Waals surface area contributed by atoms with Crippen molar-refractivity contribution in [2.45, 2.75) is 52.6 Å². The first-order chi connectivity index (χ1) is 7.65. The highest BCUT2D eigenvalue weighted by atomic mass is 15.6. The summed E-state index contributed by atoms with van der Waals surface area (Å²) < 4.78 is 2.02. The molecule has 5 nitrogen and oxygen atoms in total. The molecule has 0 aromatic carbocycles. The smallest absolute Gasteiger partial charge is 0.165 e. The summed E-state index contributed by atoms with van der Waals surface area (Å²) in [6, 6.07) is 0.455. The third kappa shape index (κ3) is 2.09. The van der Waals surface area contributed by atoms with Crippen LogP contribution in [-0.2, 0) is 6.54 Å². The van der Waals surface area contributed by atoms with Gasteiger partial charge in [-0.05, 0) is 35.2 Å². The van der Waals surface area contributed by atoms with Crippen molar-refractivity contribution in [2.75, 3.05) is 6.54 Å². The Bertz CT molecular complexity index is 344. The average molecular weight is 223 g/mol. The van der Waals surface area contributed by atoms with Gasteiger partial charge in [-0.15, -0.1) is 5.10 Å². The van der Waals surface area contributed by atoms with Crippen LogP contribution in [0, 0.1) is 5.41 Å². The van der Waals surface area contributed by atoms with Crippen molar-refractivity contribution in [3.05, 3.63) is 5.82 Å². The van der Waals surface area contributed by atoms with Crippen LogP contribution in [0.15, 0.2) is 0 Å². The van der Waals surface area contributed by atoms with Crippen LogP contribution in [0.4, 0.5) is 0 Å². The Morgan fingerprint density at radius 2 is 2.31 bits per heavy atom. The van der Waals surface area contributed by atoms with Crippen LogP contribution in [0.3, 0.4) is 0 Å². The van der Waals surface area contributed by atoms with Gasteiger partial charge in [0.15, 0.2) is 5.82 Å². The van der Waals surface area contributed by atoms with Gasteiger partial charge in [-0.3, -0.25) is 0 Å². The normalized spacial score (nSPS) is 23.8. The Hall–Kier alpha value is -0.970. The van der Waals surface area contributed by atoms with Crippen molar-refractivity contribution in [1.29, 1.82) is 0 Å². The first-order valence-electron chi connectivity index (χ1n) is 6.12. The maximum Gasteiger partial charge on any atom is 0.165 e. The van der Waals surface area contributed by atoms with Gasteiger partial charge >= 0.3 is 0 Å². The largest absolute Gasteiger partial charge is 0.310 e. The molecule has 1 aromatic rings. The zero-order valence-electron chi connectivity index (χ0n) is 10.4. The highest BCUT2D eigenvalue weighted by Gasteiger charge is 2.37. The first-order valence-corrected chi connectivity index (χ1v) is 6.12. The van der Waals surface area contributed by atoms with Gasteiger partial charge in [0.25, 0.3) is 0 Å². The summed E-state index contributed by atoms with van der Waals surface area (Å²) in [5.74, 6) is 0.960. The van der Waals surface area contributed by atoms with E-state index in [4.69, 9.17) is 0 Å². The monoisotopic (exact) mass is 223 g/mol. The maximum atomic E-state index is 4.16. The van der Waals surface area contributed by atoms with E-state index in [1.54, 1.807) is 0 Å². The minimum absolute atomic E-state index is 0.316. The molecule has 1 fully saturated rings. The highest BCUT2D eigenvalue weighted by molar-refractivity contribution is 4.93. The number of aromatic nitrogens is 4. The molecular formula is C11H21N5. The Morgan fingerprint density at radius 1 is 1.50 bits per heavy atom. The van der Waals surface area contributed by atoms with Crippen LogP contribution < -0.4 is 5.32 Å². The van der Waals surface area contributed by atoms with Gasteiger partial charge in [0.1, 0.15) is 0 Å². The van der Waals surface area contributed by atoms with Gasteiger partial charge in [-0.1, -0.05) is 27.2 Å². The molecule has 0 spiro atoms. The number of nitrogens with zero attached hydrogens (tertiary/aromatic N) is 4. The van der Waals surface area contributed by atoms with Crippen LogP contribution >= 0.6 is 0 Å². The zero-order chi connectivity index (χ0) is 11.6. The van der Waals surface area contributed by atoms with Crippen LogP contribution in [0.1, 0.15) is 51.9 Å².